The predicted octanol–water partition coefficient (Wildman–Crippen LogP) is 6.04. The Kier molecular flexibility index (Phi) is 7.56. The number of rotatable bonds is 7. The molecule has 0 spiro atoms. The van der Waals surface area contributed by atoms with E-state index in [0.717, 1.165) is 11.1 Å². The summed E-state index contributed by atoms with van der Waals surface area (Å²) in [6.07, 6.45) is 0. The summed E-state index contributed by atoms with van der Waals surface area (Å²) >= 11 is 13.7. The molecule has 6 nitrogen and oxygen atoms in total. The summed E-state index contributed by atoms with van der Waals surface area (Å²) in [6, 6.07) is 17.9. The van der Waals surface area contributed by atoms with Gasteiger partial charge in [0.25, 0.3) is 5.91 Å². The number of anilines is 1. The highest BCUT2D eigenvalue weighted by Crippen LogP contribution is 2.40. The number of carbonyl (C=O) groups excluding carboxylic acids is 2. The van der Waals surface area contributed by atoms with Gasteiger partial charge in [0.2, 0.25) is 5.91 Å². The van der Waals surface area contributed by atoms with Gasteiger partial charge in [-0.1, -0.05) is 47.5 Å². The third-order valence-electron chi connectivity index (χ3n) is 5.41. The largest absolute Gasteiger partial charge is 0.495 e. The number of thioether (sulfide) groups is 1. The molecule has 1 saturated heterocycles. The zero-order valence-electron chi connectivity index (χ0n) is 18.5. The quantitative estimate of drug-likeness (QED) is 0.414. The summed E-state index contributed by atoms with van der Waals surface area (Å²) in [5.41, 5.74) is 2.88. The van der Waals surface area contributed by atoms with Crippen molar-refractivity contribution in [3.63, 3.8) is 0 Å². The number of carbonyl (C=O) groups is 2. The number of halogens is 2. The van der Waals surface area contributed by atoms with Crippen LogP contribution in [0.5, 0.6) is 11.5 Å². The third-order valence-corrected chi connectivity index (χ3v) is 7.22. The molecule has 3 aromatic rings. The van der Waals surface area contributed by atoms with Crippen LogP contribution >= 0.6 is 35.0 Å². The molecular weight excluding hydrogens is 495 g/mol. The summed E-state index contributed by atoms with van der Waals surface area (Å²) in [5.74, 6) is 1.04. The first-order valence-electron chi connectivity index (χ1n) is 10.4. The molecule has 34 heavy (non-hydrogen) atoms. The normalized spacial score (nSPS) is 15.4. The van der Waals surface area contributed by atoms with Crippen LogP contribution in [-0.4, -0.2) is 36.7 Å². The Morgan fingerprint density at radius 2 is 1.71 bits per heavy atom. The van der Waals surface area contributed by atoms with Crippen molar-refractivity contribution in [2.45, 2.75) is 11.9 Å². The molecule has 3 aromatic carbocycles. The van der Waals surface area contributed by atoms with Gasteiger partial charge < -0.3 is 19.7 Å². The predicted molar refractivity (Wildman–Crippen MR) is 136 cm³/mol. The van der Waals surface area contributed by atoms with E-state index in [2.05, 4.69) is 5.32 Å². The average molecular weight is 517 g/mol. The zero-order valence-corrected chi connectivity index (χ0v) is 20.8. The lowest BCUT2D eigenvalue weighted by Gasteiger charge is -2.24. The third kappa shape index (κ3) is 5.27. The van der Waals surface area contributed by atoms with E-state index in [1.807, 2.05) is 41.3 Å². The first kappa shape index (κ1) is 24.3. The fraction of sp³-hybridized carbons (Fsp3) is 0.200. The molecule has 9 heteroatoms. The summed E-state index contributed by atoms with van der Waals surface area (Å²) in [5, 5.41) is 3.76. The summed E-state index contributed by atoms with van der Waals surface area (Å²) in [4.78, 5) is 27.2. The Morgan fingerprint density at radius 1 is 1.03 bits per heavy atom. The monoisotopic (exact) mass is 516 g/mol. The highest BCUT2D eigenvalue weighted by molar-refractivity contribution is 8.00. The minimum absolute atomic E-state index is 0.0792. The van der Waals surface area contributed by atoms with Crippen molar-refractivity contribution in [2.24, 2.45) is 0 Å². The lowest BCUT2D eigenvalue weighted by atomic mass is 10.1. The maximum Gasteiger partial charge on any atom is 0.255 e. The van der Waals surface area contributed by atoms with Crippen molar-refractivity contribution in [1.29, 1.82) is 0 Å². The van der Waals surface area contributed by atoms with Gasteiger partial charge in [-0.3, -0.25) is 9.59 Å². The van der Waals surface area contributed by atoms with Crippen molar-refractivity contribution in [3.05, 3.63) is 87.4 Å². The maximum atomic E-state index is 12.9. The smallest absolute Gasteiger partial charge is 0.255 e. The van der Waals surface area contributed by atoms with E-state index >= 15 is 0 Å². The summed E-state index contributed by atoms with van der Waals surface area (Å²) in [6.45, 7) is 0.494. The highest BCUT2D eigenvalue weighted by Gasteiger charge is 2.32. The first-order valence-corrected chi connectivity index (χ1v) is 12.2. The molecule has 4 rings (SSSR count). The molecule has 176 valence electrons. The van der Waals surface area contributed by atoms with Crippen molar-refractivity contribution in [1.82, 2.24) is 4.90 Å². The van der Waals surface area contributed by atoms with E-state index in [1.54, 1.807) is 36.0 Å². The molecule has 0 saturated carbocycles. The van der Waals surface area contributed by atoms with Crippen LogP contribution in [0.2, 0.25) is 10.0 Å². The van der Waals surface area contributed by atoms with Crippen LogP contribution in [0.4, 0.5) is 5.69 Å². The minimum Gasteiger partial charge on any atom is -0.495 e. The molecular formula is C25H22Cl2N2O4S. The summed E-state index contributed by atoms with van der Waals surface area (Å²) in [7, 11) is 3.00. The molecule has 0 aromatic heterocycles. The van der Waals surface area contributed by atoms with Crippen LogP contribution in [0, 0.1) is 0 Å². The second-order valence-electron chi connectivity index (χ2n) is 7.57. The van der Waals surface area contributed by atoms with Crippen LogP contribution in [-0.2, 0) is 11.3 Å². The minimum atomic E-state index is -0.303. The topological polar surface area (TPSA) is 67.9 Å². The van der Waals surface area contributed by atoms with Crippen molar-refractivity contribution in [3.8, 4) is 11.5 Å². The zero-order chi connectivity index (χ0) is 24.2. The number of methoxy groups -OCH3 is 2. The van der Waals surface area contributed by atoms with Gasteiger partial charge in [-0.15, -0.1) is 11.8 Å². The Balaban J connectivity index is 1.49. The molecule has 1 aliphatic rings. The molecule has 1 aliphatic heterocycles. The Morgan fingerprint density at radius 3 is 2.35 bits per heavy atom. The molecule has 2 amide bonds. The number of hydrogen-bond acceptors (Lipinski definition) is 5. The highest BCUT2D eigenvalue weighted by atomic mass is 35.5. The Hall–Kier alpha value is -2.87. The lowest BCUT2D eigenvalue weighted by molar-refractivity contribution is -0.128. The number of nitrogens with zero attached hydrogens (tertiary/aromatic N) is 1. The van der Waals surface area contributed by atoms with Crippen molar-refractivity contribution >= 4 is 52.5 Å². The average Bonchev–Trinajstić information content (AvgIpc) is 3.21. The van der Waals surface area contributed by atoms with E-state index in [4.69, 9.17) is 32.7 Å². The van der Waals surface area contributed by atoms with Crippen molar-refractivity contribution in [2.75, 3.05) is 25.3 Å². The van der Waals surface area contributed by atoms with E-state index in [1.165, 1.54) is 14.2 Å². The van der Waals surface area contributed by atoms with Crippen molar-refractivity contribution < 1.29 is 19.1 Å². The maximum absolute atomic E-state index is 12.9. The van der Waals surface area contributed by atoms with Crippen LogP contribution in [0.15, 0.2) is 60.7 Å². The summed E-state index contributed by atoms with van der Waals surface area (Å²) < 4.78 is 10.6. The SMILES string of the molecule is COc1cc(NC(=O)c2ccc([C@H]3SCC(=O)N3Cc3ccc(Cl)cc3)cc2)c(OC)cc1Cl. The Labute approximate surface area is 212 Å². The fourth-order valence-corrected chi connectivity index (χ4v) is 5.18. The second-order valence-corrected chi connectivity index (χ2v) is 9.49. The second kappa shape index (κ2) is 10.6. The van der Waals surface area contributed by atoms with Gasteiger partial charge in [-0.2, -0.15) is 0 Å². The molecule has 0 radical (unpaired) electrons. The van der Waals surface area contributed by atoms with Gasteiger partial charge in [0.15, 0.2) is 0 Å². The van der Waals surface area contributed by atoms with Crippen LogP contribution in [0.25, 0.3) is 0 Å². The van der Waals surface area contributed by atoms with Crippen LogP contribution in [0.1, 0.15) is 26.9 Å². The van der Waals surface area contributed by atoms with Gasteiger partial charge in [-0.25, -0.2) is 0 Å². The number of nitrogens with one attached hydrogen (secondary N) is 1. The van der Waals surface area contributed by atoms with Gasteiger partial charge in [0.05, 0.1) is 30.7 Å². The van der Waals surface area contributed by atoms with Crippen LogP contribution < -0.4 is 14.8 Å². The van der Waals surface area contributed by atoms with E-state index in [9.17, 15) is 9.59 Å². The van der Waals surface area contributed by atoms with Gasteiger partial charge in [0.1, 0.15) is 16.9 Å². The van der Waals surface area contributed by atoms with E-state index in [0.29, 0.717) is 45.1 Å². The molecule has 0 aliphatic carbocycles. The number of hydrogen-bond donors (Lipinski definition) is 1. The molecule has 0 unspecified atom stereocenters. The van der Waals surface area contributed by atoms with Gasteiger partial charge in [-0.05, 0) is 35.4 Å². The molecule has 1 N–H and O–H groups in total. The Bertz CT molecular complexity index is 1200. The number of benzene rings is 3. The molecule has 1 atom stereocenters. The molecule has 0 bridgehead atoms. The van der Waals surface area contributed by atoms with Crippen LogP contribution in [0.3, 0.4) is 0 Å². The molecule has 1 fully saturated rings. The number of ether oxygens (including phenoxy) is 2. The molecule has 1 heterocycles. The van der Waals surface area contributed by atoms with E-state index in [-0.39, 0.29) is 17.2 Å². The number of amides is 2. The standard InChI is InChI=1S/C25H22Cl2N2O4S/c1-32-21-12-20(22(33-2)11-19(21)27)28-24(31)16-5-7-17(8-6-16)25-29(23(30)14-34-25)13-15-3-9-18(26)10-4-15/h3-12,25H,13-14H2,1-2H3,(H,28,31)/t25-/m1/s1. The first-order chi connectivity index (χ1) is 16.4. The van der Waals surface area contributed by atoms with E-state index < -0.39 is 0 Å². The lowest BCUT2D eigenvalue weighted by Crippen LogP contribution is -2.27. The van der Waals surface area contributed by atoms with Gasteiger partial charge >= 0.3 is 0 Å². The van der Waals surface area contributed by atoms with Gasteiger partial charge in [0, 0.05) is 29.3 Å². The fourth-order valence-electron chi connectivity index (χ4n) is 3.64.